The van der Waals surface area contributed by atoms with Crippen molar-refractivity contribution < 1.29 is 5.11 Å². The summed E-state index contributed by atoms with van der Waals surface area (Å²) in [6.45, 7) is 1.94. The lowest BCUT2D eigenvalue weighted by Gasteiger charge is -2.07. The lowest BCUT2D eigenvalue weighted by Crippen LogP contribution is -1.85. The molecule has 0 saturated heterocycles. The number of hydrogen-bond acceptors (Lipinski definition) is 2. The second kappa shape index (κ2) is 4.48. The van der Waals surface area contributed by atoms with Gasteiger partial charge in [-0.2, -0.15) is 5.26 Å². The molecular formula is C14H10ClNO. The number of phenols is 1. The third-order valence-corrected chi connectivity index (χ3v) is 2.78. The maximum atomic E-state index is 9.55. The topological polar surface area (TPSA) is 44.0 Å². The molecule has 0 amide bonds. The van der Waals surface area contributed by atoms with Crippen LogP contribution in [0.2, 0.25) is 5.02 Å². The largest absolute Gasteiger partial charge is 0.508 e. The second-order valence-electron chi connectivity index (χ2n) is 3.84. The van der Waals surface area contributed by atoms with Crippen LogP contribution in [0.15, 0.2) is 36.4 Å². The Bertz CT molecular complexity index is 614. The van der Waals surface area contributed by atoms with E-state index in [1.807, 2.05) is 25.1 Å². The van der Waals surface area contributed by atoms with E-state index in [1.54, 1.807) is 18.2 Å². The molecule has 0 spiro atoms. The summed E-state index contributed by atoms with van der Waals surface area (Å²) in [6.07, 6.45) is 0. The van der Waals surface area contributed by atoms with Gasteiger partial charge in [0.25, 0.3) is 0 Å². The van der Waals surface area contributed by atoms with E-state index in [0.717, 1.165) is 16.7 Å². The second-order valence-corrected chi connectivity index (χ2v) is 4.28. The first-order valence-electron chi connectivity index (χ1n) is 5.11. The van der Waals surface area contributed by atoms with Gasteiger partial charge >= 0.3 is 0 Å². The van der Waals surface area contributed by atoms with E-state index < -0.39 is 0 Å². The van der Waals surface area contributed by atoms with E-state index in [4.69, 9.17) is 16.9 Å². The van der Waals surface area contributed by atoms with Crippen LogP contribution in [0.3, 0.4) is 0 Å². The first kappa shape index (κ1) is 11.5. The number of aryl methyl sites for hydroxylation is 1. The predicted octanol–water partition coefficient (Wildman–Crippen LogP) is 3.89. The molecule has 2 aromatic carbocycles. The van der Waals surface area contributed by atoms with Crippen molar-refractivity contribution in [2.24, 2.45) is 0 Å². The first-order valence-corrected chi connectivity index (χ1v) is 5.48. The van der Waals surface area contributed by atoms with E-state index in [-0.39, 0.29) is 5.75 Å². The number of rotatable bonds is 1. The minimum atomic E-state index is 0.0911. The lowest BCUT2D eigenvalue weighted by atomic mass is 9.99. The van der Waals surface area contributed by atoms with Gasteiger partial charge in [-0.15, -0.1) is 0 Å². The smallest absolute Gasteiger partial charge is 0.117 e. The normalized spacial score (nSPS) is 9.94. The fourth-order valence-electron chi connectivity index (χ4n) is 1.78. The van der Waals surface area contributed by atoms with Gasteiger partial charge in [0.05, 0.1) is 11.6 Å². The number of nitrogens with zero attached hydrogens (tertiary/aromatic N) is 1. The zero-order valence-corrected chi connectivity index (χ0v) is 9.99. The number of hydrogen-bond donors (Lipinski definition) is 1. The SMILES string of the molecule is Cc1cc(Cl)ccc1-c1cc(O)cc(C#N)c1. The molecule has 0 aliphatic heterocycles. The Morgan fingerprint density at radius 2 is 1.94 bits per heavy atom. The molecule has 0 heterocycles. The highest BCUT2D eigenvalue weighted by molar-refractivity contribution is 6.30. The van der Waals surface area contributed by atoms with Crippen molar-refractivity contribution in [2.75, 3.05) is 0 Å². The minimum absolute atomic E-state index is 0.0911. The molecule has 0 saturated carbocycles. The Labute approximate surface area is 105 Å². The van der Waals surface area contributed by atoms with Crippen molar-refractivity contribution >= 4 is 11.6 Å². The van der Waals surface area contributed by atoms with Crippen LogP contribution >= 0.6 is 11.6 Å². The fourth-order valence-corrected chi connectivity index (χ4v) is 2.01. The molecule has 3 heteroatoms. The van der Waals surface area contributed by atoms with Gasteiger partial charge in [-0.1, -0.05) is 17.7 Å². The van der Waals surface area contributed by atoms with Gasteiger partial charge in [0.15, 0.2) is 0 Å². The maximum Gasteiger partial charge on any atom is 0.117 e. The molecular weight excluding hydrogens is 234 g/mol. The predicted molar refractivity (Wildman–Crippen MR) is 68.0 cm³/mol. The Kier molecular flexibility index (Phi) is 3.03. The molecule has 0 aromatic heterocycles. The molecule has 1 N–H and O–H groups in total. The maximum absolute atomic E-state index is 9.55. The van der Waals surface area contributed by atoms with E-state index >= 15 is 0 Å². The minimum Gasteiger partial charge on any atom is -0.508 e. The first-order chi connectivity index (χ1) is 8.10. The average Bonchev–Trinajstić information content (AvgIpc) is 2.28. The summed E-state index contributed by atoms with van der Waals surface area (Å²) < 4.78 is 0. The molecule has 2 nitrogen and oxygen atoms in total. The Balaban J connectivity index is 2.61. The standard InChI is InChI=1S/C14H10ClNO/c1-9-4-12(15)2-3-14(9)11-5-10(8-16)6-13(17)7-11/h2-7,17H,1H3. The third kappa shape index (κ3) is 2.41. The average molecular weight is 244 g/mol. The van der Waals surface area contributed by atoms with Crippen LogP contribution in [-0.2, 0) is 0 Å². The Morgan fingerprint density at radius 3 is 2.59 bits per heavy atom. The van der Waals surface area contributed by atoms with Crippen LogP contribution in [0, 0.1) is 18.3 Å². The summed E-state index contributed by atoms with van der Waals surface area (Å²) in [4.78, 5) is 0. The van der Waals surface area contributed by atoms with Gasteiger partial charge in [-0.05, 0) is 53.9 Å². The molecule has 84 valence electrons. The number of aromatic hydroxyl groups is 1. The summed E-state index contributed by atoms with van der Waals surface area (Å²) >= 11 is 5.89. The van der Waals surface area contributed by atoms with E-state index in [9.17, 15) is 5.11 Å². The molecule has 0 radical (unpaired) electrons. The van der Waals surface area contributed by atoms with Gasteiger partial charge in [0.1, 0.15) is 5.75 Å². The fraction of sp³-hybridized carbons (Fsp3) is 0.0714. The zero-order valence-electron chi connectivity index (χ0n) is 9.24. The van der Waals surface area contributed by atoms with Gasteiger partial charge in [0, 0.05) is 5.02 Å². The molecule has 17 heavy (non-hydrogen) atoms. The van der Waals surface area contributed by atoms with Crippen molar-refractivity contribution in [3.05, 3.63) is 52.5 Å². The molecule has 0 fully saturated rings. The molecule has 0 atom stereocenters. The monoisotopic (exact) mass is 243 g/mol. The van der Waals surface area contributed by atoms with Crippen LogP contribution in [0.25, 0.3) is 11.1 Å². The summed E-state index contributed by atoms with van der Waals surface area (Å²) in [5.41, 5.74) is 3.22. The molecule has 2 aromatic rings. The Hall–Kier alpha value is -1.98. The number of halogens is 1. The highest BCUT2D eigenvalue weighted by Gasteiger charge is 2.05. The highest BCUT2D eigenvalue weighted by Crippen LogP contribution is 2.29. The van der Waals surface area contributed by atoms with Crippen molar-refractivity contribution in [2.45, 2.75) is 6.92 Å². The summed E-state index contributed by atoms with van der Waals surface area (Å²) in [6, 6.07) is 12.4. The molecule has 0 aliphatic carbocycles. The van der Waals surface area contributed by atoms with Crippen molar-refractivity contribution in [1.29, 1.82) is 5.26 Å². The number of nitriles is 1. The number of phenolic OH excluding ortho intramolecular Hbond substituents is 1. The van der Waals surface area contributed by atoms with E-state index in [1.165, 1.54) is 6.07 Å². The van der Waals surface area contributed by atoms with Gasteiger partial charge in [-0.3, -0.25) is 0 Å². The summed E-state index contributed by atoms with van der Waals surface area (Å²) in [7, 11) is 0. The van der Waals surface area contributed by atoms with Crippen molar-refractivity contribution in [3.63, 3.8) is 0 Å². The molecule has 2 rings (SSSR count). The molecule has 0 bridgehead atoms. The van der Waals surface area contributed by atoms with E-state index in [2.05, 4.69) is 0 Å². The van der Waals surface area contributed by atoms with Gasteiger partial charge in [-0.25, -0.2) is 0 Å². The highest BCUT2D eigenvalue weighted by atomic mass is 35.5. The van der Waals surface area contributed by atoms with Gasteiger partial charge < -0.3 is 5.11 Å². The van der Waals surface area contributed by atoms with Gasteiger partial charge in [0.2, 0.25) is 0 Å². The molecule has 0 aliphatic rings. The Morgan fingerprint density at radius 1 is 1.18 bits per heavy atom. The summed E-state index contributed by atoms with van der Waals surface area (Å²) in [5.74, 6) is 0.0911. The summed E-state index contributed by atoms with van der Waals surface area (Å²) in [5, 5.41) is 19.1. The molecule has 0 unspecified atom stereocenters. The van der Waals surface area contributed by atoms with Crippen LogP contribution in [0.1, 0.15) is 11.1 Å². The van der Waals surface area contributed by atoms with Crippen molar-refractivity contribution in [1.82, 2.24) is 0 Å². The van der Waals surface area contributed by atoms with Crippen LogP contribution < -0.4 is 0 Å². The van der Waals surface area contributed by atoms with E-state index in [0.29, 0.717) is 10.6 Å². The zero-order chi connectivity index (χ0) is 12.4. The third-order valence-electron chi connectivity index (χ3n) is 2.55. The van der Waals surface area contributed by atoms with Crippen LogP contribution in [0.5, 0.6) is 5.75 Å². The quantitative estimate of drug-likeness (QED) is 0.826. The lowest BCUT2D eigenvalue weighted by molar-refractivity contribution is 0.475. The number of benzene rings is 2. The van der Waals surface area contributed by atoms with Crippen LogP contribution in [0.4, 0.5) is 0 Å². The van der Waals surface area contributed by atoms with Crippen molar-refractivity contribution in [3.8, 4) is 22.9 Å². The van der Waals surface area contributed by atoms with Crippen LogP contribution in [-0.4, -0.2) is 5.11 Å².